The molecule has 3 heteroatoms. The first-order valence-corrected chi connectivity index (χ1v) is 4.89. The molecule has 1 rings (SSSR count). The number of ether oxygens (including phenoxy) is 1. The van der Waals surface area contributed by atoms with Crippen LogP contribution < -0.4 is 5.73 Å². The minimum absolute atomic E-state index is 0.215. The zero-order valence-corrected chi connectivity index (χ0v) is 8.86. The molecule has 0 aliphatic rings. The summed E-state index contributed by atoms with van der Waals surface area (Å²) < 4.78 is 5.52. The highest BCUT2D eigenvalue weighted by Crippen LogP contribution is 2.07. The fourth-order valence-corrected chi connectivity index (χ4v) is 0.983. The lowest BCUT2D eigenvalue weighted by Gasteiger charge is -2.22. The molecule has 1 heterocycles. The lowest BCUT2D eigenvalue weighted by Crippen LogP contribution is -2.40. The molecule has 14 heavy (non-hydrogen) atoms. The second kappa shape index (κ2) is 5.08. The molecule has 0 aliphatic heterocycles. The Labute approximate surface area is 85.3 Å². The van der Waals surface area contributed by atoms with Gasteiger partial charge >= 0.3 is 0 Å². The van der Waals surface area contributed by atoms with E-state index in [2.05, 4.69) is 11.9 Å². The lowest BCUT2D eigenvalue weighted by molar-refractivity contribution is 0.0777. The molecule has 0 radical (unpaired) electrons. The third kappa shape index (κ3) is 3.85. The Morgan fingerprint density at radius 3 is 2.64 bits per heavy atom. The smallest absolute Gasteiger partial charge is 0.0718 e. The van der Waals surface area contributed by atoms with Crippen LogP contribution in [-0.4, -0.2) is 17.1 Å². The van der Waals surface area contributed by atoms with Crippen molar-refractivity contribution in [3.05, 3.63) is 30.1 Å². The van der Waals surface area contributed by atoms with Crippen molar-refractivity contribution in [3.8, 4) is 0 Å². The van der Waals surface area contributed by atoms with Crippen molar-refractivity contribution >= 4 is 0 Å². The van der Waals surface area contributed by atoms with Gasteiger partial charge in [-0.1, -0.05) is 6.92 Å². The molecule has 3 nitrogen and oxygen atoms in total. The number of nitrogens with two attached hydrogens (primary N) is 1. The van der Waals surface area contributed by atoms with Gasteiger partial charge in [0, 0.05) is 17.9 Å². The van der Waals surface area contributed by atoms with Gasteiger partial charge in [0.15, 0.2) is 0 Å². The van der Waals surface area contributed by atoms with E-state index < -0.39 is 0 Å². The summed E-state index contributed by atoms with van der Waals surface area (Å²) in [6, 6.07) is 3.89. The first kappa shape index (κ1) is 11.1. The van der Waals surface area contributed by atoms with Crippen molar-refractivity contribution in [3.63, 3.8) is 0 Å². The van der Waals surface area contributed by atoms with E-state index in [9.17, 15) is 0 Å². The molecule has 0 saturated heterocycles. The maximum absolute atomic E-state index is 5.94. The summed E-state index contributed by atoms with van der Waals surface area (Å²) in [5, 5.41) is 0. The minimum Gasteiger partial charge on any atom is -0.375 e. The monoisotopic (exact) mass is 194 g/mol. The van der Waals surface area contributed by atoms with Gasteiger partial charge in [-0.15, -0.1) is 0 Å². The maximum atomic E-state index is 5.94. The van der Waals surface area contributed by atoms with Crippen molar-refractivity contribution in [2.24, 2.45) is 5.73 Å². The number of pyridine rings is 1. The SMILES string of the molecule is CCC(C)(N)COCc1ccncc1. The van der Waals surface area contributed by atoms with Gasteiger partial charge in [-0.2, -0.15) is 0 Å². The van der Waals surface area contributed by atoms with Crippen LogP contribution in [0.1, 0.15) is 25.8 Å². The summed E-state index contributed by atoms with van der Waals surface area (Å²) in [6.07, 6.45) is 4.45. The Bertz CT molecular complexity index is 259. The van der Waals surface area contributed by atoms with Gasteiger partial charge in [-0.25, -0.2) is 0 Å². The third-order valence-electron chi connectivity index (χ3n) is 2.26. The molecular formula is C11H18N2O. The van der Waals surface area contributed by atoms with Crippen molar-refractivity contribution in [1.82, 2.24) is 4.98 Å². The number of hydrogen-bond donors (Lipinski definition) is 1. The second-order valence-corrected chi connectivity index (χ2v) is 3.86. The summed E-state index contributed by atoms with van der Waals surface area (Å²) >= 11 is 0. The Hall–Kier alpha value is -0.930. The Kier molecular flexibility index (Phi) is 4.04. The van der Waals surface area contributed by atoms with E-state index in [1.54, 1.807) is 12.4 Å². The standard InChI is InChI=1S/C11H18N2O/c1-3-11(2,12)9-14-8-10-4-6-13-7-5-10/h4-7H,3,8-9,12H2,1-2H3. The highest BCUT2D eigenvalue weighted by molar-refractivity contribution is 5.07. The topological polar surface area (TPSA) is 48.1 Å². The molecule has 2 N–H and O–H groups in total. The molecule has 0 saturated carbocycles. The number of rotatable bonds is 5. The van der Waals surface area contributed by atoms with Crippen LogP contribution in [-0.2, 0) is 11.3 Å². The summed E-state index contributed by atoms with van der Waals surface area (Å²) in [4.78, 5) is 3.94. The van der Waals surface area contributed by atoms with E-state index >= 15 is 0 Å². The van der Waals surface area contributed by atoms with Crippen LogP contribution in [0.15, 0.2) is 24.5 Å². The Morgan fingerprint density at radius 1 is 1.43 bits per heavy atom. The van der Waals surface area contributed by atoms with Gasteiger partial charge in [0.25, 0.3) is 0 Å². The van der Waals surface area contributed by atoms with Crippen LogP contribution in [0, 0.1) is 0 Å². The first-order chi connectivity index (χ1) is 6.64. The highest BCUT2D eigenvalue weighted by atomic mass is 16.5. The molecule has 0 amide bonds. The van der Waals surface area contributed by atoms with E-state index in [-0.39, 0.29) is 5.54 Å². The van der Waals surface area contributed by atoms with E-state index in [0.717, 1.165) is 12.0 Å². The molecular weight excluding hydrogens is 176 g/mol. The average Bonchev–Trinajstić information content (AvgIpc) is 2.19. The molecule has 0 aliphatic carbocycles. The van der Waals surface area contributed by atoms with Gasteiger partial charge < -0.3 is 10.5 Å². The molecule has 0 fully saturated rings. The lowest BCUT2D eigenvalue weighted by atomic mass is 10.0. The Balaban J connectivity index is 2.29. The van der Waals surface area contributed by atoms with Crippen molar-refractivity contribution in [2.75, 3.05) is 6.61 Å². The van der Waals surface area contributed by atoms with Crippen molar-refractivity contribution in [1.29, 1.82) is 0 Å². The van der Waals surface area contributed by atoms with Gasteiger partial charge in [0.2, 0.25) is 0 Å². The number of nitrogens with zero attached hydrogens (tertiary/aromatic N) is 1. The summed E-state index contributed by atoms with van der Waals surface area (Å²) in [5.41, 5.74) is 6.86. The number of aromatic nitrogens is 1. The van der Waals surface area contributed by atoms with Gasteiger partial charge in [-0.05, 0) is 31.0 Å². The zero-order valence-electron chi connectivity index (χ0n) is 8.86. The maximum Gasteiger partial charge on any atom is 0.0718 e. The predicted octanol–water partition coefficient (Wildman–Crippen LogP) is 1.73. The Morgan fingerprint density at radius 2 is 2.07 bits per heavy atom. The van der Waals surface area contributed by atoms with Crippen molar-refractivity contribution < 1.29 is 4.74 Å². The number of hydrogen-bond acceptors (Lipinski definition) is 3. The zero-order chi connectivity index (χ0) is 10.4. The van der Waals surface area contributed by atoms with E-state index in [1.165, 1.54) is 0 Å². The van der Waals surface area contributed by atoms with Crippen molar-refractivity contribution in [2.45, 2.75) is 32.4 Å². The quantitative estimate of drug-likeness (QED) is 0.776. The van der Waals surface area contributed by atoms with Crippen LogP contribution in [0.25, 0.3) is 0 Å². The summed E-state index contributed by atoms with van der Waals surface area (Å²) in [6.45, 7) is 5.26. The van der Waals surface area contributed by atoms with E-state index in [1.807, 2.05) is 19.1 Å². The van der Waals surface area contributed by atoms with Crippen LogP contribution in [0.4, 0.5) is 0 Å². The molecule has 78 valence electrons. The van der Waals surface area contributed by atoms with E-state index in [0.29, 0.717) is 13.2 Å². The minimum atomic E-state index is -0.215. The van der Waals surface area contributed by atoms with Crippen LogP contribution in [0.5, 0.6) is 0 Å². The fourth-order valence-electron chi connectivity index (χ4n) is 0.983. The molecule has 1 unspecified atom stereocenters. The molecule has 0 aromatic carbocycles. The predicted molar refractivity (Wildman–Crippen MR) is 56.8 cm³/mol. The van der Waals surface area contributed by atoms with Crippen LogP contribution in [0.3, 0.4) is 0 Å². The third-order valence-corrected chi connectivity index (χ3v) is 2.26. The second-order valence-electron chi connectivity index (χ2n) is 3.86. The molecule has 1 aromatic rings. The van der Waals surface area contributed by atoms with E-state index in [4.69, 9.17) is 10.5 Å². The van der Waals surface area contributed by atoms with Crippen LogP contribution >= 0.6 is 0 Å². The highest BCUT2D eigenvalue weighted by Gasteiger charge is 2.15. The summed E-state index contributed by atoms with van der Waals surface area (Å²) in [7, 11) is 0. The molecule has 1 atom stereocenters. The normalized spacial score (nSPS) is 15.1. The average molecular weight is 194 g/mol. The molecule has 1 aromatic heterocycles. The first-order valence-electron chi connectivity index (χ1n) is 4.89. The molecule has 0 spiro atoms. The van der Waals surface area contributed by atoms with Gasteiger partial charge in [0.05, 0.1) is 13.2 Å². The summed E-state index contributed by atoms with van der Waals surface area (Å²) in [5.74, 6) is 0. The molecule has 0 bridgehead atoms. The van der Waals surface area contributed by atoms with Gasteiger partial charge in [-0.3, -0.25) is 4.98 Å². The van der Waals surface area contributed by atoms with Crippen LogP contribution in [0.2, 0.25) is 0 Å². The van der Waals surface area contributed by atoms with Gasteiger partial charge in [0.1, 0.15) is 0 Å². The largest absolute Gasteiger partial charge is 0.375 e. The fraction of sp³-hybridized carbons (Fsp3) is 0.545.